The van der Waals surface area contributed by atoms with Gasteiger partial charge in [0.25, 0.3) is 5.91 Å². The van der Waals surface area contributed by atoms with Gasteiger partial charge in [-0.15, -0.1) is 0 Å². The van der Waals surface area contributed by atoms with E-state index in [9.17, 15) is 4.79 Å². The van der Waals surface area contributed by atoms with Gasteiger partial charge in [-0.05, 0) is 74.9 Å². The smallest absolute Gasteiger partial charge is 0.256 e. The van der Waals surface area contributed by atoms with E-state index < -0.39 is 0 Å². The van der Waals surface area contributed by atoms with E-state index in [0.717, 1.165) is 22.7 Å². The van der Waals surface area contributed by atoms with Gasteiger partial charge in [0.1, 0.15) is 0 Å². The maximum atomic E-state index is 12.3. The van der Waals surface area contributed by atoms with Crippen LogP contribution in [0.25, 0.3) is 0 Å². The number of hydrogen-bond donors (Lipinski definition) is 1. The standard InChI is InChI=1S/C13H7Br3INO/c14-7-2-4-11(17)9(5-7)13(19)18-12-6-8(15)1-3-10(12)16/h1-6H,(H,18,19). The summed E-state index contributed by atoms with van der Waals surface area (Å²) in [6.45, 7) is 0. The van der Waals surface area contributed by atoms with Gasteiger partial charge in [-0.25, -0.2) is 0 Å². The summed E-state index contributed by atoms with van der Waals surface area (Å²) >= 11 is 12.3. The van der Waals surface area contributed by atoms with Crippen LogP contribution in [0.4, 0.5) is 5.69 Å². The molecule has 98 valence electrons. The van der Waals surface area contributed by atoms with Crippen LogP contribution in [-0.4, -0.2) is 5.91 Å². The van der Waals surface area contributed by atoms with Crippen LogP contribution in [0.15, 0.2) is 49.8 Å². The molecule has 2 aromatic rings. The van der Waals surface area contributed by atoms with Crippen LogP contribution in [-0.2, 0) is 0 Å². The lowest BCUT2D eigenvalue weighted by molar-refractivity contribution is 0.102. The summed E-state index contributed by atoms with van der Waals surface area (Å²) in [4.78, 5) is 12.3. The highest BCUT2D eigenvalue weighted by Crippen LogP contribution is 2.27. The minimum absolute atomic E-state index is 0.135. The molecule has 0 spiro atoms. The van der Waals surface area contributed by atoms with E-state index >= 15 is 0 Å². The van der Waals surface area contributed by atoms with Gasteiger partial charge in [0, 0.05) is 17.0 Å². The second-order valence-corrected chi connectivity index (χ2v) is 7.55. The van der Waals surface area contributed by atoms with Gasteiger partial charge in [0.2, 0.25) is 0 Å². The molecule has 1 amide bonds. The second kappa shape index (κ2) is 6.69. The number of halogens is 4. The maximum absolute atomic E-state index is 12.3. The fourth-order valence-electron chi connectivity index (χ4n) is 1.45. The normalized spacial score (nSPS) is 10.3. The Labute approximate surface area is 149 Å². The van der Waals surface area contributed by atoms with Gasteiger partial charge in [0.05, 0.1) is 11.3 Å². The Morgan fingerprint density at radius 3 is 2.37 bits per heavy atom. The predicted molar refractivity (Wildman–Crippen MR) is 96.7 cm³/mol. The quantitative estimate of drug-likeness (QED) is 0.461. The zero-order valence-corrected chi connectivity index (χ0v) is 16.3. The Bertz CT molecular complexity index is 646. The van der Waals surface area contributed by atoms with Gasteiger partial charge in [-0.3, -0.25) is 4.79 Å². The zero-order valence-electron chi connectivity index (χ0n) is 9.38. The largest absolute Gasteiger partial charge is 0.321 e. The minimum atomic E-state index is -0.135. The molecule has 2 aromatic carbocycles. The van der Waals surface area contributed by atoms with Crippen LogP contribution < -0.4 is 5.32 Å². The monoisotopic (exact) mass is 557 g/mol. The molecule has 19 heavy (non-hydrogen) atoms. The van der Waals surface area contributed by atoms with E-state index in [4.69, 9.17) is 0 Å². The van der Waals surface area contributed by atoms with Gasteiger partial charge >= 0.3 is 0 Å². The van der Waals surface area contributed by atoms with Crippen LogP contribution in [0.3, 0.4) is 0 Å². The van der Waals surface area contributed by atoms with Crippen molar-refractivity contribution < 1.29 is 4.79 Å². The molecule has 1 N–H and O–H groups in total. The predicted octanol–water partition coefficient (Wildman–Crippen LogP) is 5.83. The second-order valence-electron chi connectivity index (χ2n) is 3.70. The SMILES string of the molecule is O=C(Nc1cc(Br)ccc1Br)c1cc(Br)ccc1I. The summed E-state index contributed by atoms with van der Waals surface area (Å²) in [5.74, 6) is -0.135. The summed E-state index contributed by atoms with van der Waals surface area (Å²) in [5, 5.41) is 2.89. The van der Waals surface area contributed by atoms with Crippen molar-refractivity contribution in [3.8, 4) is 0 Å². The summed E-state index contributed by atoms with van der Waals surface area (Å²) < 4.78 is 3.54. The third-order valence-electron chi connectivity index (χ3n) is 2.35. The highest BCUT2D eigenvalue weighted by Gasteiger charge is 2.12. The maximum Gasteiger partial charge on any atom is 0.256 e. The van der Waals surface area contributed by atoms with E-state index in [-0.39, 0.29) is 5.91 Å². The first-order valence-corrected chi connectivity index (χ1v) is 8.64. The molecule has 0 aliphatic rings. The summed E-state index contributed by atoms with van der Waals surface area (Å²) in [6, 6.07) is 11.3. The first-order valence-electron chi connectivity index (χ1n) is 5.19. The molecule has 0 aliphatic heterocycles. The van der Waals surface area contributed by atoms with E-state index in [0.29, 0.717) is 5.56 Å². The van der Waals surface area contributed by atoms with E-state index in [1.165, 1.54) is 0 Å². The van der Waals surface area contributed by atoms with Crippen molar-refractivity contribution in [1.82, 2.24) is 0 Å². The van der Waals surface area contributed by atoms with Crippen LogP contribution in [0.2, 0.25) is 0 Å². The molecule has 0 saturated heterocycles. The van der Waals surface area contributed by atoms with E-state index in [1.54, 1.807) is 0 Å². The Balaban J connectivity index is 2.30. The number of carbonyl (C=O) groups is 1. The van der Waals surface area contributed by atoms with Crippen LogP contribution in [0, 0.1) is 3.57 Å². The average molecular weight is 560 g/mol. The fourth-order valence-corrected chi connectivity index (χ4v) is 3.10. The topological polar surface area (TPSA) is 29.1 Å². The Hall–Kier alpha value is 0.0800. The summed E-state index contributed by atoms with van der Waals surface area (Å²) in [7, 11) is 0. The molecular weight excluding hydrogens is 553 g/mol. The third-order valence-corrected chi connectivity index (χ3v) is 4.97. The number of carbonyl (C=O) groups excluding carboxylic acids is 1. The first-order chi connectivity index (χ1) is 8.97. The number of nitrogens with one attached hydrogen (secondary N) is 1. The Morgan fingerprint density at radius 2 is 1.63 bits per heavy atom. The van der Waals surface area contributed by atoms with Crippen molar-refractivity contribution in [1.29, 1.82) is 0 Å². The molecule has 0 atom stereocenters. The van der Waals surface area contributed by atoms with Crippen LogP contribution in [0.1, 0.15) is 10.4 Å². The van der Waals surface area contributed by atoms with Crippen molar-refractivity contribution in [2.45, 2.75) is 0 Å². The molecule has 0 radical (unpaired) electrons. The molecular formula is C13H7Br3INO. The van der Waals surface area contributed by atoms with Crippen molar-refractivity contribution in [2.75, 3.05) is 5.32 Å². The van der Waals surface area contributed by atoms with Gasteiger partial charge in [0.15, 0.2) is 0 Å². The molecule has 2 rings (SSSR count). The molecule has 0 fully saturated rings. The Kier molecular flexibility index (Phi) is 5.45. The van der Waals surface area contributed by atoms with Crippen molar-refractivity contribution in [3.05, 3.63) is 58.9 Å². The number of anilines is 1. The zero-order chi connectivity index (χ0) is 14.0. The lowest BCUT2D eigenvalue weighted by Gasteiger charge is -2.09. The highest BCUT2D eigenvalue weighted by atomic mass is 127. The number of hydrogen-bond acceptors (Lipinski definition) is 1. The molecule has 0 unspecified atom stereocenters. The molecule has 6 heteroatoms. The van der Waals surface area contributed by atoms with E-state index in [2.05, 4.69) is 75.7 Å². The Morgan fingerprint density at radius 1 is 1.00 bits per heavy atom. The average Bonchev–Trinajstić information content (AvgIpc) is 2.36. The lowest BCUT2D eigenvalue weighted by Crippen LogP contribution is -2.13. The first kappa shape index (κ1) is 15.5. The van der Waals surface area contributed by atoms with Gasteiger partial charge < -0.3 is 5.32 Å². The van der Waals surface area contributed by atoms with Crippen molar-refractivity contribution in [3.63, 3.8) is 0 Å². The van der Waals surface area contributed by atoms with E-state index in [1.807, 2.05) is 36.4 Å². The molecule has 0 aromatic heterocycles. The van der Waals surface area contributed by atoms with Gasteiger partial charge in [-0.1, -0.05) is 31.9 Å². The summed E-state index contributed by atoms with van der Waals surface area (Å²) in [5.41, 5.74) is 1.37. The van der Waals surface area contributed by atoms with Gasteiger partial charge in [-0.2, -0.15) is 0 Å². The van der Waals surface area contributed by atoms with Crippen molar-refractivity contribution >= 4 is 82.0 Å². The van der Waals surface area contributed by atoms with Crippen LogP contribution in [0.5, 0.6) is 0 Å². The number of rotatable bonds is 2. The number of amides is 1. The number of benzene rings is 2. The lowest BCUT2D eigenvalue weighted by atomic mass is 10.2. The molecule has 0 aliphatic carbocycles. The molecule has 0 bridgehead atoms. The molecule has 0 heterocycles. The summed E-state index contributed by atoms with van der Waals surface area (Å²) in [6.07, 6.45) is 0. The molecule has 0 saturated carbocycles. The third kappa shape index (κ3) is 4.03. The van der Waals surface area contributed by atoms with Crippen LogP contribution >= 0.6 is 70.4 Å². The van der Waals surface area contributed by atoms with Crippen molar-refractivity contribution in [2.24, 2.45) is 0 Å². The molecule has 2 nitrogen and oxygen atoms in total. The minimum Gasteiger partial charge on any atom is -0.321 e. The fraction of sp³-hybridized carbons (Fsp3) is 0. The highest BCUT2D eigenvalue weighted by molar-refractivity contribution is 14.1.